The van der Waals surface area contributed by atoms with Crippen LogP contribution in [0, 0.1) is 0 Å². The number of aromatic nitrogens is 1. The number of amides is 1. The van der Waals surface area contributed by atoms with Crippen molar-refractivity contribution in [3.05, 3.63) is 51.1 Å². The number of rotatable bonds is 3. The first-order valence-electron chi connectivity index (χ1n) is 5.53. The summed E-state index contributed by atoms with van der Waals surface area (Å²) < 4.78 is 0. The lowest BCUT2D eigenvalue weighted by Gasteiger charge is -2.07. The van der Waals surface area contributed by atoms with Crippen LogP contribution in [0.3, 0.4) is 0 Å². The minimum atomic E-state index is -0.353. The van der Waals surface area contributed by atoms with Crippen molar-refractivity contribution >= 4 is 46.5 Å². The van der Waals surface area contributed by atoms with Gasteiger partial charge in [-0.1, -0.05) is 34.8 Å². The maximum Gasteiger partial charge on any atom is 0.230 e. The third-order valence-electron chi connectivity index (χ3n) is 2.38. The number of hydrogen-bond acceptors (Lipinski definition) is 3. The summed E-state index contributed by atoms with van der Waals surface area (Å²) in [6.07, 6.45) is 1.39. The zero-order valence-corrected chi connectivity index (χ0v) is 12.3. The zero-order chi connectivity index (χ0) is 14.7. The largest absolute Gasteiger partial charge is 0.504 e. The van der Waals surface area contributed by atoms with Gasteiger partial charge in [0.2, 0.25) is 5.91 Å². The average Bonchev–Trinajstić information content (AvgIpc) is 2.31. The van der Waals surface area contributed by atoms with Gasteiger partial charge in [0.05, 0.1) is 11.4 Å². The molecule has 1 aromatic heterocycles. The van der Waals surface area contributed by atoms with E-state index < -0.39 is 0 Å². The topological polar surface area (TPSA) is 62.2 Å². The fourth-order valence-electron chi connectivity index (χ4n) is 1.60. The molecule has 4 nitrogen and oxygen atoms in total. The molecule has 0 spiro atoms. The second-order valence-electron chi connectivity index (χ2n) is 4.02. The van der Waals surface area contributed by atoms with E-state index in [1.54, 1.807) is 18.2 Å². The van der Waals surface area contributed by atoms with Gasteiger partial charge in [0.1, 0.15) is 0 Å². The maximum absolute atomic E-state index is 11.9. The van der Waals surface area contributed by atoms with Crippen LogP contribution in [0.2, 0.25) is 15.1 Å². The van der Waals surface area contributed by atoms with Gasteiger partial charge in [-0.3, -0.25) is 4.79 Å². The standard InChI is InChI=1S/C13H9Cl3N2O2/c14-8-1-7(2-9(15)4-8)3-12(20)18-13-11(19)5-10(16)6-17-13/h1-2,4-6,19H,3H2,(H,17,18,20). The van der Waals surface area contributed by atoms with E-state index in [1.165, 1.54) is 12.3 Å². The summed E-state index contributed by atoms with van der Waals surface area (Å²) in [5.41, 5.74) is 0.661. The molecule has 1 heterocycles. The Balaban J connectivity index is 2.09. The Kier molecular flexibility index (Phi) is 4.70. The Morgan fingerprint density at radius 2 is 1.75 bits per heavy atom. The lowest BCUT2D eigenvalue weighted by atomic mass is 10.1. The van der Waals surface area contributed by atoms with Gasteiger partial charge in [0.15, 0.2) is 11.6 Å². The van der Waals surface area contributed by atoms with Crippen LogP contribution in [0.4, 0.5) is 5.82 Å². The molecule has 0 fully saturated rings. The van der Waals surface area contributed by atoms with E-state index in [2.05, 4.69) is 10.3 Å². The number of anilines is 1. The normalized spacial score (nSPS) is 10.3. The highest BCUT2D eigenvalue weighted by Gasteiger charge is 2.10. The molecule has 104 valence electrons. The van der Waals surface area contributed by atoms with E-state index in [9.17, 15) is 9.90 Å². The number of aromatic hydroxyl groups is 1. The highest BCUT2D eigenvalue weighted by Crippen LogP contribution is 2.24. The molecule has 0 aliphatic heterocycles. The summed E-state index contributed by atoms with van der Waals surface area (Å²) in [5, 5.41) is 13.3. The Labute approximate surface area is 130 Å². The van der Waals surface area contributed by atoms with Crippen molar-refractivity contribution in [1.82, 2.24) is 4.98 Å². The predicted octanol–water partition coefficient (Wildman–Crippen LogP) is 3.93. The molecule has 0 atom stereocenters. The van der Waals surface area contributed by atoms with E-state index in [1.807, 2.05) is 0 Å². The van der Waals surface area contributed by atoms with Crippen LogP contribution in [0.5, 0.6) is 5.75 Å². The summed E-state index contributed by atoms with van der Waals surface area (Å²) >= 11 is 17.4. The highest BCUT2D eigenvalue weighted by molar-refractivity contribution is 6.34. The lowest BCUT2D eigenvalue weighted by molar-refractivity contribution is -0.115. The van der Waals surface area contributed by atoms with Crippen molar-refractivity contribution in [3.8, 4) is 5.75 Å². The van der Waals surface area contributed by atoms with Crippen LogP contribution in [-0.4, -0.2) is 16.0 Å². The van der Waals surface area contributed by atoms with Gasteiger partial charge in [0, 0.05) is 22.3 Å². The zero-order valence-electron chi connectivity index (χ0n) is 10.0. The number of pyridine rings is 1. The van der Waals surface area contributed by atoms with Gasteiger partial charge < -0.3 is 10.4 Å². The Morgan fingerprint density at radius 1 is 1.10 bits per heavy atom. The molecule has 2 aromatic rings. The van der Waals surface area contributed by atoms with Crippen LogP contribution in [0.1, 0.15) is 5.56 Å². The molecule has 0 saturated carbocycles. The first-order chi connectivity index (χ1) is 9.44. The monoisotopic (exact) mass is 330 g/mol. The molecule has 1 amide bonds. The van der Waals surface area contributed by atoms with Gasteiger partial charge in [-0.15, -0.1) is 0 Å². The molecule has 1 aromatic carbocycles. The third kappa shape index (κ3) is 4.00. The van der Waals surface area contributed by atoms with Crippen molar-refractivity contribution < 1.29 is 9.90 Å². The molecule has 0 saturated heterocycles. The summed E-state index contributed by atoms with van der Waals surface area (Å²) in [4.78, 5) is 15.7. The van der Waals surface area contributed by atoms with Gasteiger partial charge in [-0.25, -0.2) is 4.98 Å². The Hall–Kier alpha value is -1.49. The number of carbonyl (C=O) groups excluding carboxylic acids is 1. The van der Waals surface area contributed by atoms with Crippen LogP contribution in [0.15, 0.2) is 30.5 Å². The van der Waals surface area contributed by atoms with E-state index >= 15 is 0 Å². The maximum atomic E-state index is 11.9. The minimum absolute atomic E-state index is 0.0486. The Bertz CT molecular complexity index is 642. The van der Waals surface area contributed by atoms with Gasteiger partial charge in [-0.05, 0) is 23.8 Å². The molecule has 0 aliphatic rings. The molecule has 2 rings (SSSR count). The number of nitrogens with zero attached hydrogens (tertiary/aromatic N) is 1. The van der Waals surface area contributed by atoms with Gasteiger partial charge in [-0.2, -0.15) is 0 Å². The molecule has 2 N–H and O–H groups in total. The number of carbonyl (C=O) groups is 1. The first-order valence-corrected chi connectivity index (χ1v) is 6.67. The van der Waals surface area contributed by atoms with Crippen molar-refractivity contribution in [2.24, 2.45) is 0 Å². The number of hydrogen-bond donors (Lipinski definition) is 2. The van der Waals surface area contributed by atoms with E-state index in [-0.39, 0.29) is 28.9 Å². The molecule has 0 unspecified atom stereocenters. The Morgan fingerprint density at radius 3 is 2.35 bits per heavy atom. The molecule has 0 bridgehead atoms. The molecular formula is C13H9Cl3N2O2. The quantitative estimate of drug-likeness (QED) is 0.896. The fraction of sp³-hybridized carbons (Fsp3) is 0.0769. The van der Waals surface area contributed by atoms with Crippen LogP contribution < -0.4 is 5.32 Å². The SMILES string of the molecule is O=C(Cc1cc(Cl)cc(Cl)c1)Nc1ncc(Cl)cc1O. The third-order valence-corrected chi connectivity index (χ3v) is 3.02. The summed E-state index contributed by atoms with van der Waals surface area (Å²) in [6, 6.07) is 6.15. The lowest BCUT2D eigenvalue weighted by Crippen LogP contribution is -2.15. The fourth-order valence-corrected chi connectivity index (χ4v) is 2.32. The molecule has 0 aliphatic carbocycles. The second-order valence-corrected chi connectivity index (χ2v) is 5.33. The van der Waals surface area contributed by atoms with Gasteiger partial charge >= 0.3 is 0 Å². The van der Waals surface area contributed by atoms with Crippen molar-refractivity contribution in [2.45, 2.75) is 6.42 Å². The summed E-state index contributed by atoms with van der Waals surface area (Å²) in [6.45, 7) is 0. The number of nitrogens with one attached hydrogen (secondary N) is 1. The smallest absolute Gasteiger partial charge is 0.230 e. The molecule has 20 heavy (non-hydrogen) atoms. The molecular weight excluding hydrogens is 323 g/mol. The van der Waals surface area contributed by atoms with Crippen LogP contribution in [-0.2, 0) is 11.2 Å². The van der Waals surface area contributed by atoms with Crippen LogP contribution in [0.25, 0.3) is 0 Å². The van der Waals surface area contributed by atoms with Crippen molar-refractivity contribution in [1.29, 1.82) is 0 Å². The molecule has 0 radical (unpaired) electrons. The minimum Gasteiger partial charge on any atom is -0.504 e. The summed E-state index contributed by atoms with van der Waals surface area (Å²) in [5.74, 6) is -0.504. The van der Waals surface area contributed by atoms with E-state index in [0.717, 1.165) is 0 Å². The second kappa shape index (κ2) is 6.31. The highest BCUT2D eigenvalue weighted by atomic mass is 35.5. The van der Waals surface area contributed by atoms with Gasteiger partial charge in [0.25, 0.3) is 0 Å². The van der Waals surface area contributed by atoms with Crippen molar-refractivity contribution in [3.63, 3.8) is 0 Å². The number of halogens is 3. The van der Waals surface area contributed by atoms with Crippen molar-refractivity contribution in [2.75, 3.05) is 5.32 Å². The van der Waals surface area contributed by atoms with E-state index in [4.69, 9.17) is 34.8 Å². The van der Waals surface area contributed by atoms with E-state index in [0.29, 0.717) is 15.6 Å². The predicted molar refractivity (Wildman–Crippen MR) is 79.7 cm³/mol. The molecule has 7 heteroatoms. The average molecular weight is 332 g/mol. The number of benzene rings is 1. The summed E-state index contributed by atoms with van der Waals surface area (Å²) in [7, 11) is 0. The van der Waals surface area contributed by atoms with Crippen LogP contribution >= 0.6 is 34.8 Å². The first kappa shape index (κ1) is 14.9.